The van der Waals surface area contributed by atoms with Gasteiger partial charge in [-0.05, 0) is 29.8 Å². The van der Waals surface area contributed by atoms with Gasteiger partial charge >= 0.3 is 6.18 Å². The van der Waals surface area contributed by atoms with Crippen molar-refractivity contribution in [3.05, 3.63) is 71.3 Å². The maximum atomic E-state index is 12.6. The third-order valence-corrected chi connectivity index (χ3v) is 3.59. The first-order valence-corrected chi connectivity index (χ1v) is 7.59. The zero-order valence-electron chi connectivity index (χ0n) is 13.5. The number of carbonyl (C=O) groups is 1. The number of rotatable bonds is 5. The third kappa shape index (κ3) is 4.83. The molecule has 0 unspecified atom stereocenters. The minimum Gasteiger partial charge on any atom is -0.340 e. The van der Waals surface area contributed by atoms with Gasteiger partial charge in [-0.2, -0.15) is 13.2 Å². The van der Waals surface area contributed by atoms with Crippen LogP contribution in [0.15, 0.2) is 54.6 Å². The van der Waals surface area contributed by atoms with E-state index in [0.717, 1.165) is 22.6 Å². The first kappa shape index (κ1) is 18.0. The Morgan fingerprint density at radius 2 is 1.62 bits per heavy atom. The van der Waals surface area contributed by atoms with Crippen LogP contribution in [-0.4, -0.2) is 26.5 Å². The van der Waals surface area contributed by atoms with E-state index in [-0.39, 0.29) is 17.5 Å². The third-order valence-electron chi connectivity index (χ3n) is 3.59. The minimum absolute atomic E-state index is 0.206. The summed E-state index contributed by atoms with van der Waals surface area (Å²) in [5.74, 6) is -0.390. The van der Waals surface area contributed by atoms with Crippen LogP contribution in [0, 0.1) is 0 Å². The molecule has 0 spiro atoms. The lowest BCUT2D eigenvalue weighted by atomic mass is 10.1. The van der Waals surface area contributed by atoms with Crippen molar-refractivity contribution in [1.29, 1.82) is 0 Å². The van der Waals surface area contributed by atoms with E-state index >= 15 is 0 Å². The van der Waals surface area contributed by atoms with Crippen LogP contribution in [-0.2, 0) is 6.18 Å². The van der Waals surface area contributed by atoms with Crippen LogP contribution in [0.1, 0.15) is 27.5 Å². The fourth-order valence-electron chi connectivity index (χ4n) is 2.40. The fourth-order valence-corrected chi connectivity index (χ4v) is 2.40. The summed E-state index contributed by atoms with van der Waals surface area (Å²) < 4.78 is 37.8. The van der Waals surface area contributed by atoms with E-state index in [1.807, 2.05) is 44.4 Å². The lowest BCUT2D eigenvalue weighted by molar-refractivity contribution is -0.860. The second-order valence-electron chi connectivity index (χ2n) is 5.92. The van der Waals surface area contributed by atoms with Crippen molar-refractivity contribution in [3.63, 3.8) is 0 Å². The number of halogens is 3. The van der Waals surface area contributed by atoms with Crippen LogP contribution in [0.3, 0.4) is 0 Å². The number of benzene rings is 2. The van der Waals surface area contributed by atoms with Gasteiger partial charge in [0.05, 0.1) is 19.7 Å². The Morgan fingerprint density at radius 3 is 2.12 bits per heavy atom. The number of alkyl halides is 3. The highest BCUT2D eigenvalue weighted by Crippen LogP contribution is 2.29. The number of quaternary nitrogens is 1. The SMILES string of the molecule is C[NH+](C)C[C@@H](NC(=O)c1ccc(C(F)(F)F)cc1)c1ccccc1. The van der Waals surface area contributed by atoms with E-state index in [2.05, 4.69) is 5.32 Å². The summed E-state index contributed by atoms with van der Waals surface area (Å²) in [6.45, 7) is 0.663. The standard InChI is InChI=1S/C18H19F3N2O/c1-23(2)12-16(13-6-4-3-5-7-13)22-17(24)14-8-10-15(11-9-14)18(19,20)21/h3-11,16H,12H2,1-2H3,(H,22,24)/p+1/t16-/m1/s1. The van der Waals surface area contributed by atoms with Crippen LogP contribution in [0.4, 0.5) is 13.2 Å². The van der Waals surface area contributed by atoms with Gasteiger partial charge in [0.15, 0.2) is 0 Å². The molecule has 0 fully saturated rings. The van der Waals surface area contributed by atoms with Gasteiger partial charge in [0.25, 0.3) is 5.91 Å². The summed E-state index contributed by atoms with van der Waals surface area (Å²) in [5, 5.41) is 2.90. The maximum absolute atomic E-state index is 12.6. The Labute approximate surface area is 139 Å². The minimum atomic E-state index is -4.41. The predicted molar refractivity (Wildman–Crippen MR) is 85.8 cm³/mol. The number of likely N-dealkylation sites (N-methyl/N-ethyl adjacent to an activating group) is 1. The van der Waals surface area contributed by atoms with E-state index in [1.165, 1.54) is 12.1 Å². The molecule has 0 radical (unpaired) electrons. The number of nitrogens with one attached hydrogen (secondary N) is 2. The molecule has 0 aliphatic rings. The molecule has 0 bridgehead atoms. The molecular formula is C18H20F3N2O+. The summed E-state index contributed by atoms with van der Waals surface area (Å²) in [5.41, 5.74) is 0.396. The summed E-state index contributed by atoms with van der Waals surface area (Å²) in [7, 11) is 3.94. The Bertz CT molecular complexity index is 667. The predicted octanol–water partition coefficient (Wildman–Crippen LogP) is 2.32. The molecule has 2 N–H and O–H groups in total. The lowest BCUT2D eigenvalue weighted by Crippen LogP contribution is -3.06. The van der Waals surface area contributed by atoms with Crippen molar-refractivity contribution in [3.8, 4) is 0 Å². The van der Waals surface area contributed by atoms with Crippen LogP contribution in [0.25, 0.3) is 0 Å². The normalized spacial score (nSPS) is 12.9. The van der Waals surface area contributed by atoms with Crippen molar-refractivity contribution in [2.75, 3.05) is 20.6 Å². The van der Waals surface area contributed by atoms with Gasteiger partial charge in [-0.15, -0.1) is 0 Å². The molecule has 3 nitrogen and oxygen atoms in total. The lowest BCUT2D eigenvalue weighted by Gasteiger charge is -2.21. The van der Waals surface area contributed by atoms with Crippen molar-refractivity contribution < 1.29 is 22.9 Å². The highest BCUT2D eigenvalue weighted by atomic mass is 19.4. The fraction of sp³-hybridized carbons (Fsp3) is 0.278. The van der Waals surface area contributed by atoms with Gasteiger partial charge in [0, 0.05) is 5.56 Å². The summed E-state index contributed by atoms with van der Waals surface area (Å²) >= 11 is 0. The zero-order valence-corrected chi connectivity index (χ0v) is 13.5. The van der Waals surface area contributed by atoms with Crippen molar-refractivity contribution in [1.82, 2.24) is 5.32 Å². The molecule has 0 saturated heterocycles. The van der Waals surface area contributed by atoms with Gasteiger partial charge in [-0.25, -0.2) is 0 Å². The monoisotopic (exact) mass is 337 g/mol. The summed E-state index contributed by atoms with van der Waals surface area (Å²) in [4.78, 5) is 13.5. The molecule has 2 aromatic rings. The topological polar surface area (TPSA) is 33.5 Å². The van der Waals surface area contributed by atoms with E-state index in [1.54, 1.807) is 0 Å². The molecule has 1 amide bonds. The van der Waals surface area contributed by atoms with Crippen molar-refractivity contribution in [2.45, 2.75) is 12.2 Å². The largest absolute Gasteiger partial charge is 0.416 e. The molecule has 128 valence electrons. The second kappa shape index (κ2) is 7.49. The molecule has 0 aliphatic heterocycles. The van der Waals surface area contributed by atoms with Crippen LogP contribution >= 0.6 is 0 Å². The van der Waals surface area contributed by atoms with E-state index in [4.69, 9.17) is 0 Å². The highest BCUT2D eigenvalue weighted by molar-refractivity contribution is 5.94. The molecule has 0 aliphatic carbocycles. The summed E-state index contributed by atoms with van der Waals surface area (Å²) in [6, 6.07) is 13.5. The van der Waals surface area contributed by atoms with E-state index in [9.17, 15) is 18.0 Å². The molecule has 0 saturated carbocycles. The van der Waals surface area contributed by atoms with E-state index in [0.29, 0.717) is 6.54 Å². The van der Waals surface area contributed by atoms with Gasteiger partial charge < -0.3 is 10.2 Å². The first-order valence-electron chi connectivity index (χ1n) is 7.59. The average molecular weight is 337 g/mol. The van der Waals surface area contributed by atoms with Gasteiger partial charge in [0.1, 0.15) is 12.6 Å². The number of hydrogen-bond donors (Lipinski definition) is 2. The van der Waals surface area contributed by atoms with Gasteiger partial charge in [-0.3, -0.25) is 4.79 Å². The average Bonchev–Trinajstić information content (AvgIpc) is 2.54. The molecule has 1 atom stereocenters. The Morgan fingerprint density at radius 1 is 1.04 bits per heavy atom. The Hall–Kier alpha value is -2.34. The van der Waals surface area contributed by atoms with Gasteiger partial charge in [-0.1, -0.05) is 30.3 Å². The van der Waals surface area contributed by atoms with Crippen LogP contribution < -0.4 is 10.2 Å². The van der Waals surface area contributed by atoms with Crippen molar-refractivity contribution >= 4 is 5.91 Å². The molecule has 6 heteroatoms. The molecule has 2 aromatic carbocycles. The quantitative estimate of drug-likeness (QED) is 0.863. The second-order valence-corrected chi connectivity index (χ2v) is 5.92. The molecule has 24 heavy (non-hydrogen) atoms. The van der Waals surface area contributed by atoms with E-state index < -0.39 is 11.7 Å². The number of hydrogen-bond acceptors (Lipinski definition) is 1. The molecule has 0 aromatic heterocycles. The zero-order chi connectivity index (χ0) is 17.7. The Kier molecular flexibility index (Phi) is 5.62. The van der Waals surface area contributed by atoms with Gasteiger partial charge in [0.2, 0.25) is 0 Å². The maximum Gasteiger partial charge on any atom is 0.416 e. The van der Waals surface area contributed by atoms with Crippen LogP contribution in [0.5, 0.6) is 0 Å². The Balaban J connectivity index is 2.15. The molecule has 2 rings (SSSR count). The van der Waals surface area contributed by atoms with Crippen LogP contribution in [0.2, 0.25) is 0 Å². The number of amides is 1. The first-order chi connectivity index (χ1) is 11.3. The van der Waals surface area contributed by atoms with Crippen molar-refractivity contribution in [2.24, 2.45) is 0 Å². The highest BCUT2D eigenvalue weighted by Gasteiger charge is 2.30. The molecule has 0 heterocycles. The number of carbonyl (C=O) groups excluding carboxylic acids is 1. The smallest absolute Gasteiger partial charge is 0.340 e. The molecular weight excluding hydrogens is 317 g/mol. The summed E-state index contributed by atoms with van der Waals surface area (Å²) in [6.07, 6.45) is -4.41.